The SMILES string of the molecule is COCCNC(=O)c1cnn(Cc2ccccc2)c1. The summed E-state index contributed by atoms with van der Waals surface area (Å²) in [6.45, 7) is 1.66. The fourth-order valence-corrected chi connectivity index (χ4v) is 1.71. The highest BCUT2D eigenvalue weighted by Crippen LogP contribution is 2.03. The molecule has 0 spiro atoms. The van der Waals surface area contributed by atoms with Gasteiger partial charge in [0.15, 0.2) is 0 Å². The number of carbonyl (C=O) groups is 1. The summed E-state index contributed by atoms with van der Waals surface area (Å²) >= 11 is 0. The Hall–Kier alpha value is -2.14. The van der Waals surface area contributed by atoms with Gasteiger partial charge in [-0.25, -0.2) is 0 Å². The molecule has 100 valence electrons. The third-order valence-electron chi connectivity index (χ3n) is 2.67. The Morgan fingerprint density at radius 3 is 2.89 bits per heavy atom. The molecule has 5 heteroatoms. The topological polar surface area (TPSA) is 56.1 Å². The summed E-state index contributed by atoms with van der Waals surface area (Å²) in [5, 5.41) is 6.95. The fraction of sp³-hybridized carbons (Fsp3) is 0.286. The maximum absolute atomic E-state index is 11.8. The fourth-order valence-electron chi connectivity index (χ4n) is 1.71. The molecule has 0 bridgehead atoms. The molecule has 0 saturated heterocycles. The van der Waals surface area contributed by atoms with Crippen LogP contribution < -0.4 is 5.32 Å². The smallest absolute Gasteiger partial charge is 0.254 e. The van der Waals surface area contributed by atoms with Gasteiger partial charge in [0.1, 0.15) is 0 Å². The monoisotopic (exact) mass is 259 g/mol. The van der Waals surface area contributed by atoms with Gasteiger partial charge in [0.2, 0.25) is 0 Å². The van der Waals surface area contributed by atoms with Crippen LogP contribution in [0.3, 0.4) is 0 Å². The standard InChI is InChI=1S/C14H17N3O2/c1-19-8-7-15-14(18)13-9-16-17(11-13)10-12-5-3-2-4-6-12/h2-6,9,11H,7-8,10H2,1H3,(H,15,18). The number of ether oxygens (including phenoxy) is 1. The number of aromatic nitrogens is 2. The van der Waals surface area contributed by atoms with Gasteiger partial charge >= 0.3 is 0 Å². The largest absolute Gasteiger partial charge is 0.383 e. The lowest BCUT2D eigenvalue weighted by atomic mass is 10.2. The molecule has 1 aromatic carbocycles. The van der Waals surface area contributed by atoms with Crippen molar-refractivity contribution in [1.29, 1.82) is 0 Å². The minimum atomic E-state index is -0.128. The van der Waals surface area contributed by atoms with Crippen molar-refractivity contribution >= 4 is 5.91 Å². The number of hydrogen-bond acceptors (Lipinski definition) is 3. The molecule has 19 heavy (non-hydrogen) atoms. The van der Waals surface area contributed by atoms with Crippen LogP contribution in [0.2, 0.25) is 0 Å². The Balaban J connectivity index is 1.93. The first-order chi connectivity index (χ1) is 9.29. The first-order valence-corrected chi connectivity index (χ1v) is 6.13. The maximum atomic E-state index is 11.8. The lowest BCUT2D eigenvalue weighted by Gasteiger charge is -2.02. The van der Waals surface area contributed by atoms with Crippen LogP contribution in [-0.2, 0) is 11.3 Å². The summed E-state index contributed by atoms with van der Waals surface area (Å²) in [5.41, 5.74) is 1.71. The van der Waals surface area contributed by atoms with E-state index in [2.05, 4.69) is 10.4 Å². The van der Waals surface area contributed by atoms with Crippen LogP contribution in [0.1, 0.15) is 15.9 Å². The first-order valence-electron chi connectivity index (χ1n) is 6.13. The quantitative estimate of drug-likeness (QED) is 0.796. The normalized spacial score (nSPS) is 10.4. The third kappa shape index (κ3) is 3.93. The molecule has 1 N–H and O–H groups in total. The first kappa shape index (κ1) is 13.3. The molecule has 5 nitrogen and oxygen atoms in total. The average Bonchev–Trinajstić information content (AvgIpc) is 2.89. The van der Waals surface area contributed by atoms with Crippen molar-refractivity contribution in [3.8, 4) is 0 Å². The molecule has 1 amide bonds. The van der Waals surface area contributed by atoms with Gasteiger partial charge < -0.3 is 10.1 Å². The number of benzene rings is 1. The predicted octanol–water partition coefficient (Wildman–Crippen LogP) is 1.31. The van der Waals surface area contributed by atoms with Crippen LogP contribution in [0.4, 0.5) is 0 Å². The van der Waals surface area contributed by atoms with Gasteiger partial charge in [0.05, 0.1) is 24.9 Å². The predicted molar refractivity (Wildman–Crippen MR) is 72.0 cm³/mol. The number of rotatable bonds is 6. The van der Waals surface area contributed by atoms with Gasteiger partial charge in [-0.3, -0.25) is 9.48 Å². The Kier molecular flexibility index (Phi) is 4.69. The summed E-state index contributed by atoms with van der Waals surface area (Å²) in [5.74, 6) is -0.128. The Morgan fingerprint density at radius 2 is 2.16 bits per heavy atom. The van der Waals surface area contributed by atoms with E-state index in [4.69, 9.17) is 4.74 Å². The second kappa shape index (κ2) is 6.70. The maximum Gasteiger partial charge on any atom is 0.254 e. The van der Waals surface area contributed by atoms with E-state index in [0.717, 1.165) is 5.56 Å². The molecule has 1 aromatic heterocycles. The van der Waals surface area contributed by atoms with E-state index in [9.17, 15) is 4.79 Å². The molecule has 0 fully saturated rings. The lowest BCUT2D eigenvalue weighted by molar-refractivity contribution is 0.0937. The number of nitrogens with zero attached hydrogens (tertiary/aromatic N) is 2. The van der Waals surface area contributed by atoms with Crippen molar-refractivity contribution in [1.82, 2.24) is 15.1 Å². The van der Waals surface area contributed by atoms with E-state index in [1.54, 1.807) is 24.2 Å². The summed E-state index contributed by atoms with van der Waals surface area (Å²) in [6.07, 6.45) is 3.32. The molecule has 2 rings (SSSR count). The Labute approximate surface area is 112 Å². The second-order valence-electron chi connectivity index (χ2n) is 4.16. The summed E-state index contributed by atoms with van der Waals surface area (Å²) in [7, 11) is 1.60. The average molecular weight is 259 g/mol. The zero-order valence-corrected chi connectivity index (χ0v) is 10.9. The molecule has 2 aromatic rings. The molecule has 0 aliphatic heterocycles. The van der Waals surface area contributed by atoms with Crippen LogP contribution in [0.25, 0.3) is 0 Å². The van der Waals surface area contributed by atoms with E-state index in [0.29, 0.717) is 25.3 Å². The molecule has 0 unspecified atom stereocenters. The van der Waals surface area contributed by atoms with Crippen LogP contribution >= 0.6 is 0 Å². The lowest BCUT2D eigenvalue weighted by Crippen LogP contribution is -2.26. The van der Waals surface area contributed by atoms with E-state index in [1.165, 1.54) is 0 Å². The van der Waals surface area contributed by atoms with Gasteiger partial charge in [-0.2, -0.15) is 5.10 Å². The van der Waals surface area contributed by atoms with Gasteiger partial charge in [0.25, 0.3) is 5.91 Å². The van der Waals surface area contributed by atoms with Crippen molar-refractivity contribution < 1.29 is 9.53 Å². The molecule has 0 aliphatic rings. The number of amides is 1. The Bertz CT molecular complexity index is 522. The van der Waals surface area contributed by atoms with E-state index < -0.39 is 0 Å². The molecule has 0 radical (unpaired) electrons. The zero-order valence-electron chi connectivity index (χ0n) is 10.9. The second-order valence-corrected chi connectivity index (χ2v) is 4.16. The number of nitrogens with one attached hydrogen (secondary N) is 1. The minimum absolute atomic E-state index is 0.128. The molecule has 0 saturated carbocycles. The molecule has 0 aliphatic carbocycles. The number of carbonyl (C=O) groups excluding carboxylic acids is 1. The number of methoxy groups -OCH3 is 1. The van der Waals surface area contributed by atoms with Crippen molar-refractivity contribution in [2.75, 3.05) is 20.3 Å². The third-order valence-corrected chi connectivity index (χ3v) is 2.67. The minimum Gasteiger partial charge on any atom is -0.383 e. The zero-order chi connectivity index (χ0) is 13.5. The van der Waals surface area contributed by atoms with Crippen LogP contribution in [0.5, 0.6) is 0 Å². The molecular formula is C14H17N3O2. The van der Waals surface area contributed by atoms with Crippen LogP contribution in [0, 0.1) is 0 Å². The summed E-state index contributed by atoms with van der Waals surface area (Å²) in [6, 6.07) is 10.00. The molecule has 1 heterocycles. The van der Waals surface area contributed by atoms with E-state index in [1.807, 2.05) is 30.3 Å². The number of hydrogen-bond donors (Lipinski definition) is 1. The van der Waals surface area contributed by atoms with Crippen molar-refractivity contribution in [3.05, 3.63) is 53.9 Å². The highest BCUT2D eigenvalue weighted by molar-refractivity contribution is 5.93. The molecular weight excluding hydrogens is 242 g/mol. The molecule has 0 atom stereocenters. The summed E-state index contributed by atoms with van der Waals surface area (Å²) < 4.78 is 6.63. The Morgan fingerprint density at radius 1 is 1.37 bits per heavy atom. The highest BCUT2D eigenvalue weighted by Gasteiger charge is 2.07. The van der Waals surface area contributed by atoms with Gasteiger partial charge in [-0.1, -0.05) is 30.3 Å². The van der Waals surface area contributed by atoms with Crippen molar-refractivity contribution in [3.63, 3.8) is 0 Å². The van der Waals surface area contributed by atoms with E-state index >= 15 is 0 Å². The van der Waals surface area contributed by atoms with Crippen molar-refractivity contribution in [2.24, 2.45) is 0 Å². The highest BCUT2D eigenvalue weighted by atomic mass is 16.5. The van der Waals surface area contributed by atoms with E-state index in [-0.39, 0.29) is 5.91 Å². The van der Waals surface area contributed by atoms with Gasteiger partial charge in [0, 0.05) is 19.9 Å². The van der Waals surface area contributed by atoms with Crippen LogP contribution in [-0.4, -0.2) is 35.9 Å². The van der Waals surface area contributed by atoms with Crippen LogP contribution in [0.15, 0.2) is 42.7 Å². The summed E-state index contributed by atoms with van der Waals surface area (Å²) in [4.78, 5) is 11.8. The van der Waals surface area contributed by atoms with Gasteiger partial charge in [-0.05, 0) is 5.56 Å². The van der Waals surface area contributed by atoms with Crippen molar-refractivity contribution in [2.45, 2.75) is 6.54 Å². The van der Waals surface area contributed by atoms with Gasteiger partial charge in [-0.15, -0.1) is 0 Å².